The summed E-state index contributed by atoms with van der Waals surface area (Å²) in [6.45, 7) is 0.945. The molecule has 0 unspecified atom stereocenters. The van der Waals surface area contributed by atoms with Crippen LogP contribution in [0.5, 0.6) is 0 Å². The molecule has 0 bridgehead atoms. The van der Waals surface area contributed by atoms with E-state index in [9.17, 15) is 14.7 Å². The summed E-state index contributed by atoms with van der Waals surface area (Å²) in [5.41, 5.74) is 4.33. The molecule has 0 fully saturated rings. The molecule has 0 atom stereocenters. The Bertz CT molecular complexity index is 1290. The molecule has 4 aromatic rings. The first-order valence-corrected chi connectivity index (χ1v) is 11.4. The van der Waals surface area contributed by atoms with E-state index >= 15 is 0 Å². The van der Waals surface area contributed by atoms with E-state index < -0.39 is 5.97 Å². The largest absolute Gasteiger partial charge is 0.478 e. The lowest BCUT2D eigenvalue weighted by Gasteiger charge is -2.23. The number of carboxylic acids is 1. The number of carbonyl (C=O) groups is 2. The summed E-state index contributed by atoms with van der Waals surface area (Å²) < 4.78 is 0. The molecule has 0 aromatic heterocycles. The Morgan fingerprint density at radius 3 is 2.12 bits per heavy atom. The van der Waals surface area contributed by atoms with Crippen molar-refractivity contribution >= 4 is 23.5 Å². The van der Waals surface area contributed by atoms with Crippen molar-refractivity contribution in [3.05, 3.63) is 130 Å². The van der Waals surface area contributed by atoms with Crippen molar-refractivity contribution < 1.29 is 14.7 Å². The van der Waals surface area contributed by atoms with Crippen LogP contribution in [0.2, 0.25) is 5.02 Å². The summed E-state index contributed by atoms with van der Waals surface area (Å²) in [7, 11) is 0. The van der Waals surface area contributed by atoms with Gasteiger partial charge in [-0.3, -0.25) is 4.79 Å². The molecule has 0 saturated carbocycles. The van der Waals surface area contributed by atoms with E-state index in [-0.39, 0.29) is 11.5 Å². The van der Waals surface area contributed by atoms with Crippen LogP contribution in [0.25, 0.3) is 11.1 Å². The van der Waals surface area contributed by atoms with Gasteiger partial charge in [0.25, 0.3) is 5.91 Å². The monoisotopic (exact) mass is 469 g/mol. The highest BCUT2D eigenvalue weighted by Gasteiger charge is 2.17. The molecule has 0 spiro atoms. The van der Waals surface area contributed by atoms with Gasteiger partial charge in [0.1, 0.15) is 0 Å². The highest BCUT2D eigenvalue weighted by atomic mass is 35.5. The number of halogens is 1. The smallest absolute Gasteiger partial charge is 0.336 e. The number of rotatable bonds is 8. The first-order chi connectivity index (χ1) is 16.5. The van der Waals surface area contributed by atoms with Gasteiger partial charge in [-0.1, -0.05) is 90.5 Å². The Labute approximate surface area is 204 Å². The van der Waals surface area contributed by atoms with Crippen molar-refractivity contribution in [2.75, 3.05) is 6.54 Å². The first kappa shape index (κ1) is 23.3. The summed E-state index contributed by atoms with van der Waals surface area (Å²) in [6, 6.07) is 31.5. The zero-order valence-corrected chi connectivity index (χ0v) is 19.3. The number of benzene rings is 4. The average molecular weight is 470 g/mol. The van der Waals surface area contributed by atoms with Crippen LogP contribution in [0.4, 0.5) is 0 Å². The molecule has 0 heterocycles. The Kier molecular flexibility index (Phi) is 7.41. The number of carbonyl (C=O) groups excluding carboxylic acids is 1. The quantitative estimate of drug-likeness (QED) is 0.316. The van der Waals surface area contributed by atoms with Gasteiger partial charge in [-0.05, 0) is 52.9 Å². The Morgan fingerprint density at radius 2 is 1.41 bits per heavy atom. The van der Waals surface area contributed by atoms with Crippen molar-refractivity contribution in [3.8, 4) is 11.1 Å². The highest BCUT2D eigenvalue weighted by molar-refractivity contribution is 6.31. The molecule has 5 heteroatoms. The molecule has 0 aliphatic carbocycles. The number of nitrogens with zero attached hydrogens (tertiary/aromatic N) is 1. The zero-order chi connectivity index (χ0) is 23.9. The van der Waals surface area contributed by atoms with Gasteiger partial charge in [-0.15, -0.1) is 0 Å². The highest BCUT2D eigenvalue weighted by Crippen LogP contribution is 2.25. The van der Waals surface area contributed by atoms with Crippen LogP contribution in [-0.2, 0) is 13.0 Å². The van der Waals surface area contributed by atoms with Gasteiger partial charge in [0.2, 0.25) is 0 Å². The molecular weight excluding hydrogens is 446 g/mol. The van der Waals surface area contributed by atoms with Crippen LogP contribution < -0.4 is 0 Å². The second-order valence-electron chi connectivity index (χ2n) is 7.98. The van der Waals surface area contributed by atoms with Crippen LogP contribution in [0, 0.1) is 0 Å². The van der Waals surface area contributed by atoms with Crippen LogP contribution in [0.3, 0.4) is 0 Å². The molecule has 0 saturated heterocycles. The summed E-state index contributed by atoms with van der Waals surface area (Å²) in [5, 5.41) is 10.2. The first-order valence-electron chi connectivity index (χ1n) is 11.0. The fourth-order valence-electron chi connectivity index (χ4n) is 3.90. The maximum atomic E-state index is 13.3. The van der Waals surface area contributed by atoms with E-state index in [0.29, 0.717) is 35.7 Å². The third kappa shape index (κ3) is 5.53. The van der Waals surface area contributed by atoms with Crippen molar-refractivity contribution in [2.45, 2.75) is 13.0 Å². The van der Waals surface area contributed by atoms with E-state index in [1.807, 2.05) is 89.8 Å². The number of hydrogen-bond acceptors (Lipinski definition) is 2. The van der Waals surface area contributed by atoms with E-state index in [4.69, 9.17) is 11.6 Å². The van der Waals surface area contributed by atoms with Gasteiger partial charge in [0.15, 0.2) is 0 Å². The van der Waals surface area contributed by atoms with Crippen LogP contribution in [-0.4, -0.2) is 28.4 Å². The van der Waals surface area contributed by atoms with Gasteiger partial charge >= 0.3 is 5.97 Å². The Morgan fingerprint density at radius 1 is 0.765 bits per heavy atom. The molecule has 34 heavy (non-hydrogen) atoms. The summed E-state index contributed by atoms with van der Waals surface area (Å²) in [5.74, 6) is -1.01. The molecule has 1 amide bonds. The Hall–Kier alpha value is -3.89. The SMILES string of the molecule is O=C(O)c1ccccc1-c1ccc(CN(CCc2ccccc2Cl)C(=O)c2ccccc2)cc1. The molecule has 0 aliphatic rings. The average Bonchev–Trinajstić information content (AvgIpc) is 2.88. The number of carboxylic acid groups (broad SMARTS) is 1. The molecule has 0 aliphatic heterocycles. The second kappa shape index (κ2) is 10.8. The van der Waals surface area contributed by atoms with Gasteiger partial charge in [-0.2, -0.15) is 0 Å². The van der Waals surface area contributed by atoms with E-state index in [1.165, 1.54) is 0 Å². The fourth-order valence-corrected chi connectivity index (χ4v) is 4.13. The van der Waals surface area contributed by atoms with E-state index in [0.717, 1.165) is 16.7 Å². The molecular formula is C29H24ClNO3. The normalized spacial score (nSPS) is 10.6. The molecule has 0 radical (unpaired) electrons. The minimum Gasteiger partial charge on any atom is -0.478 e. The minimum atomic E-state index is -0.959. The predicted molar refractivity (Wildman–Crippen MR) is 135 cm³/mol. The van der Waals surface area contributed by atoms with Crippen LogP contribution in [0.1, 0.15) is 31.8 Å². The molecule has 4 aromatic carbocycles. The van der Waals surface area contributed by atoms with Crippen LogP contribution >= 0.6 is 11.6 Å². The number of aromatic carboxylic acids is 1. The third-order valence-electron chi connectivity index (χ3n) is 5.71. The standard InChI is InChI=1S/C29H24ClNO3/c30-27-13-7-4-8-23(27)18-19-31(28(32)24-9-2-1-3-10-24)20-21-14-16-22(17-15-21)25-11-5-6-12-26(25)29(33)34/h1-17H,18-20H2,(H,33,34). The fraction of sp³-hybridized carbons (Fsp3) is 0.103. The topological polar surface area (TPSA) is 57.6 Å². The van der Waals surface area contributed by atoms with Gasteiger partial charge in [0.05, 0.1) is 5.56 Å². The van der Waals surface area contributed by atoms with Crippen molar-refractivity contribution in [1.82, 2.24) is 4.90 Å². The maximum absolute atomic E-state index is 13.3. The summed E-state index contributed by atoms with van der Waals surface area (Å²) >= 11 is 6.33. The lowest BCUT2D eigenvalue weighted by molar-refractivity contribution is 0.0696. The number of amides is 1. The summed E-state index contributed by atoms with van der Waals surface area (Å²) in [6.07, 6.45) is 0.641. The molecule has 1 N–H and O–H groups in total. The third-order valence-corrected chi connectivity index (χ3v) is 6.08. The summed E-state index contributed by atoms with van der Waals surface area (Å²) in [4.78, 5) is 26.7. The minimum absolute atomic E-state index is 0.0482. The predicted octanol–water partition coefficient (Wildman–Crippen LogP) is 6.59. The van der Waals surface area contributed by atoms with Crippen molar-refractivity contribution in [2.24, 2.45) is 0 Å². The molecule has 4 rings (SSSR count). The van der Waals surface area contributed by atoms with Gasteiger partial charge < -0.3 is 10.0 Å². The van der Waals surface area contributed by atoms with Crippen LogP contribution in [0.15, 0.2) is 103 Å². The zero-order valence-electron chi connectivity index (χ0n) is 18.5. The van der Waals surface area contributed by atoms with E-state index in [1.54, 1.807) is 18.2 Å². The Balaban J connectivity index is 1.56. The van der Waals surface area contributed by atoms with Crippen molar-refractivity contribution in [1.29, 1.82) is 0 Å². The lowest BCUT2D eigenvalue weighted by atomic mass is 9.98. The maximum Gasteiger partial charge on any atom is 0.336 e. The molecule has 4 nitrogen and oxygen atoms in total. The molecule has 170 valence electrons. The van der Waals surface area contributed by atoms with Gasteiger partial charge in [0, 0.05) is 23.7 Å². The van der Waals surface area contributed by atoms with Gasteiger partial charge in [-0.25, -0.2) is 4.79 Å². The lowest BCUT2D eigenvalue weighted by Crippen LogP contribution is -2.32. The number of hydrogen-bond donors (Lipinski definition) is 1. The van der Waals surface area contributed by atoms with Crippen molar-refractivity contribution in [3.63, 3.8) is 0 Å². The van der Waals surface area contributed by atoms with E-state index in [2.05, 4.69) is 0 Å². The second-order valence-corrected chi connectivity index (χ2v) is 8.39.